The van der Waals surface area contributed by atoms with E-state index in [1.165, 1.54) is 0 Å². The Morgan fingerprint density at radius 3 is 2.77 bits per heavy atom. The van der Waals surface area contributed by atoms with Gasteiger partial charge in [0.05, 0.1) is 0 Å². The van der Waals surface area contributed by atoms with Crippen LogP contribution in [-0.2, 0) is 0 Å². The van der Waals surface area contributed by atoms with Gasteiger partial charge in [-0.25, -0.2) is 4.98 Å². The van der Waals surface area contributed by atoms with Crippen molar-refractivity contribution >= 4 is 5.91 Å². The van der Waals surface area contributed by atoms with E-state index in [0.717, 1.165) is 5.69 Å². The predicted octanol–water partition coefficient (Wildman–Crippen LogP) is 1.48. The quantitative estimate of drug-likeness (QED) is 0.687. The van der Waals surface area contributed by atoms with Gasteiger partial charge in [-0.3, -0.25) is 4.79 Å². The molecule has 1 aromatic rings. The number of carbonyl (C=O) groups is 1. The number of amides is 1. The van der Waals surface area contributed by atoms with Crippen LogP contribution in [0.15, 0.2) is 18.2 Å². The molecule has 0 atom stereocenters. The number of hydrogen-bond acceptors (Lipinski definition) is 2. The second-order valence-electron chi connectivity index (χ2n) is 2.98. The van der Waals surface area contributed by atoms with E-state index >= 15 is 0 Å². The maximum Gasteiger partial charge on any atom is 0.272 e. The summed E-state index contributed by atoms with van der Waals surface area (Å²) in [5, 5.41) is 0. The van der Waals surface area contributed by atoms with E-state index in [0.29, 0.717) is 12.2 Å². The molecule has 70 valence electrons. The van der Waals surface area contributed by atoms with Crippen LogP contribution in [0.2, 0.25) is 0 Å². The summed E-state index contributed by atoms with van der Waals surface area (Å²) in [5.74, 6) is -0.0220. The fraction of sp³-hybridized carbons (Fsp3) is 0.400. The van der Waals surface area contributed by atoms with Crippen molar-refractivity contribution in [3.05, 3.63) is 29.6 Å². The summed E-state index contributed by atoms with van der Waals surface area (Å²) < 4.78 is 0. The fourth-order valence-electron chi connectivity index (χ4n) is 1.00. The highest BCUT2D eigenvalue weighted by Gasteiger charge is 2.10. The molecule has 3 nitrogen and oxygen atoms in total. The van der Waals surface area contributed by atoms with Gasteiger partial charge in [-0.1, -0.05) is 6.07 Å². The molecule has 0 N–H and O–H groups in total. The Kier molecular flexibility index (Phi) is 3.01. The van der Waals surface area contributed by atoms with E-state index in [4.69, 9.17) is 0 Å². The van der Waals surface area contributed by atoms with Gasteiger partial charge in [0.15, 0.2) is 0 Å². The minimum atomic E-state index is -0.0220. The fourth-order valence-corrected chi connectivity index (χ4v) is 1.00. The van der Waals surface area contributed by atoms with Gasteiger partial charge in [-0.2, -0.15) is 0 Å². The van der Waals surface area contributed by atoms with Crippen LogP contribution in [0.5, 0.6) is 0 Å². The first-order valence-electron chi connectivity index (χ1n) is 4.34. The van der Waals surface area contributed by atoms with E-state index in [2.05, 4.69) is 4.98 Å². The minimum absolute atomic E-state index is 0.0220. The number of aromatic nitrogens is 1. The smallest absolute Gasteiger partial charge is 0.272 e. The van der Waals surface area contributed by atoms with Gasteiger partial charge in [0, 0.05) is 19.3 Å². The molecule has 1 heterocycles. The molecule has 0 aliphatic rings. The molecule has 1 rings (SSSR count). The van der Waals surface area contributed by atoms with Crippen molar-refractivity contribution in [2.24, 2.45) is 0 Å². The summed E-state index contributed by atoms with van der Waals surface area (Å²) in [4.78, 5) is 17.4. The standard InChI is InChI=1S/C10H14N2O/c1-4-12(3)10(13)9-7-5-6-8(2)11-9/h5-7H,4H2,1-3H3. The van der Waals surface area contributed by atoms with Gasteiger partial charge in [-0.15, -0.1) is 0 Å². The van der Waals surface area contributed by atoms with Crippen molar-refractivity contribution in [1.82, 2.24) is 9.88 Å². The van der Waals surface area contributed by atoms with Gasteiger partial charge in [-0.05, 0) is 26.0 Å². The Bertz CT molecular complexity index is 310. The molecule has 13 heavy (non-hydrogen) atoms. The van der Waals surface area contributed by atoms with Crippen LogP contribution < -0.4 is 0 Å². The summed E-state index contributed by atoms with van der Waals surface area (Å²) in [6.07, 6.45) is 0. The number of rotatable bonds is 2. The summed E-state index contributed by atoms with van der Waals surface area (Å²) in [5.41, 5.74) is 1.39. The lowest BCUT2D eigenvalue weighted by molar-refractivity contribution is 0.0796. The molecular formula is C10H14N2O. The van der Waals surface area contributed by atoms with Crippen LogP contribution >= 0.6 is 0 Å². The van der Waals surface area contributed by atoms with E-state index in [-0.39, 0.29) is 5.91 Å². The van der Waals surface area contributed by atoms with Crippen molar-refractivity contribution in [2.75, 3.05) is 13.6 Å². The zero-order valence-corrected chi connectivity index (χ0v) is 8.24. The highest BCUT2D eigenvalue weighted by Crippen LogP contribution is 2.01. The molecule has 0 bridgehead atoms. The lowest BCUT2D eigenvalue weighted by atomic mass is 10.3. The molecular weight excluding hydrogens is 164 g/mol. The first-order chi connectivity index (χ1) is 6.15. The maximum absolute atomic E-state index is 11.6. The third kappa shape index (κ3) is 2.28. The zero-order valence-electron chi connectivity index (χ0n) is 8.24. The average Bonchev–Trinajstić information content (AvgIpc) is 2.15. The van der Waals surface area contributed by atoms with Crippen molar-refractivity contribution in [3.8, 4) is 0 Å². The Morgan fingerprint density at radius 1 is 1.54 bits per heavy atom. The third-order valence-corrected chi connectivity index (χ3v) is 1.93. The van der Waals surface area contributed by atoms with Crippen LogP contribution in [0.3, 0.4) is 0 Å². The molecule has 0 aliphatic carbocycles. The number of aryl methyl sites for hydroxylation is 1. The van der Waals surface area contributed by atoms with E-state index in [9.17, 15) is 4.79 Å². The van der Waals surface area contributed by atoms with Crippen molar-refractivity contribution < 1.29 is 4.79 Å². The summed E-state index contributed by atoms with van der Waals surface area (Å²) in [7, 11) is 1.77. The van der Waals surface area contributed by atoms with Gasteiger partial charge >= 0.3 is 0 Å². The van der Waals surface area contributed by atoms with Gasteiger partial charge in [0.1, 0.15) is 5.69 Å². The molecule has 1 aromatic heterocycles. The van der Waals surface area contributed by atoms with E-state index in [1.54, 1.807) is 18.0 Å². The average molecular weight is 178 g/mol. The lowest BCUT2D eigenvalue weighted by Crippen LogP contribution is -2.27. The molecule has 0 fully saturated rings. The molecule has 1 amide bonds. The summed E-state index contributed by atoms with van der Waals surface area (Å²) >= 11 is 0. The molecule has 0 saturated heterocycles. The highest BCUT2D eigenvalue weighted by atomic mass is 16.2. The number of carbonyl (C=O) groups excluding carboxylic acids is 1. The van der Waals surface area contributed by atoms with Crippen LogP contribution in [0.25, 0.3) is 0 Å². The van der Waals surface area contributed by atoms with Crippen molar-refractivity contribution in [3.63, 3.8) is 0 Å². The SMILES string of the molecule is CCN(C)C(=O)c1cccc(C)n1. The molecule has 0 aliphatic heterocycles. The monoisotopic (exact) mass is 178 g/mol. The topological polar surface area (TPSA) is 33.2 Å². The largest absolute Gasteiger partial charge is 0.341 e. The molecule has 0 aromatic carbocycles. The number of nitrogens with zero attached hydrogens (tertiary/aromatic N) is 2. The van der Waals surface area contributed by atoms with Gasteiger partial charge in [0.2, 0.25) is 0 Å². The second kappa shape index (κ2) is 4.03. The second-order valence-corrected chi connectivity index (χ2v) is 2.98. The first kappa shape index (κ1) is 9.71. The number of pyridine rings is 1. The van der Waals surface area contributed by atoms with Gasteiger partial charge in [0.25, 0.3) is 5.91 Å². The molecule has 0 saturated carbocycles. The summed E-state index contributed by atoms with van der Waals surface area (Å²) in [6.45, 7) is 4.52. The molecule has 0 spiro atoms. The first-order valence-corrected chi connectivity index (χ1v) is 4.34. The van der Waals surface area contributed by atoms with E-state index < -0.39 is 0 Å². The normalized spacial score (nSPS) is 9.77. The Morgan fingerprint density at radius 2 is 2.23 bits per heavy atom. The Labute approximate surface area is 78.4 Å². The van der Waals surface area contributed by atoms with Crippen molar-refractivity contribution in [1.29, 1.82) is 0 Å². The van der Waals surface area contributed by atoms with Crippen LogP contribution in [0, 0.1) is 6.92 Å². The highest BCUT2D eigenvalue weighted by molar-refractivity contribution is 5.92. The number of hydrogen-bond donors (Lipinski definition) is 0. The Hall–Kier alpha value is -1.38. The van der Waals surface area contributed by atoms with Crippen LogP contribution in [0.4, 0.5) is 0 Å². The molecule has 3 heteroatoms. The minimum Gasteiger partial charge on any atom is -0.341 e. The third-order valence-electron chi connectivity index (χ3n) is 1.93. The van der Waals surface area contributed by atoms with Crippen LogP contribution in [-0.4, -0.2) is 29.4 Å². The van der Waals surface area contributed by atoms with E-state index in [1.807, 2.05) is 26.0 Å². The molecule has 0 radical (unpaired) electrons. The summed E-state index contributed by atoms with van der Waals surface area (Å²) in [6, 6.07) is 5.46. The van der Waals surface area contributed by atoms with Crippen LogP contribution in [0.1, 0.15) is 23.1 Å². The zero-order chi connectivity index (χ0) is 9.84. The predicted molar refractivity (Wildman–Crippen MR) is 51.6 cm³/mol. The maximum atomic E-state index is 11.6. The molecule has 0 unspecified atom stereocenters. The Balaban J connectivity index is 2.89. The lowest BCUT2D eigenvalue weighted by Gasteiger charge is -2.13. The van der Waals surface area contributed by atoms with Crippen molar-refractivity contribution in [2.45, 2.75) is 13.8 Å². The van der Waals surface area contributed by atoms with Gasteiger partial charge < -0.3 is 4.90 Å².